The number of fused-ring (bicyclic) bond motifs is 1. The van der Waals surface area contributed by atoms with Gasteiger partial charge in [-0.05, 0) is 57.4 Å². The van der Waals surface area contributed by atoms with Gasteiger partial charge in [-0.25, -0.2) is 18.0 Å². The minimum absolute atomic E-state index is 0.110. The summed E-state index contributed by atoms with van der Waals surface area (Å²) < 4.78 is 27.7. The lowest BCUT2D eigenvalue weighted by Crippen LogP contribution is -2.39. The van der Waals surface area contributed by atoms with E-state index < -0.39 is 10.0 Å². The molecular formula is C19H24N4O2S3. The molecule has 0 unspecified atom stereocenters. The second-order valence-electron chi connectivity index (χ2n) is 6.76. The Morgan fingerprint density at radius 2 is 1.96 bits per heavy atom. The summed E-state index contributed by atoms with van der Waals surface area (Å²) in [6.07, 6.45) is 2.80. The molecule has 0 spiro atoms. The van der Waals surface area contributed by atoms with E-state index in [9.17, 15) is 8.42 Å². The zero-order valence-corrected chi connectivity index (χ0v) is 18.3. The van der Waals surface area contributed by atoms with E-state index in [1.807, 2.05) is 42.4 Å². The van der Waals surface area contributed by atoms with Crippen LogP contribution in [0.1, 0.15) is 6.42 Å². The molecule has 0 fully saturated rings. The Kier molecular flexibility index (Phi) is 7.05. The van der Waals surface area contributed by atoms with Gasteiger partial charge in [0.05, 0.1) is 15.5 Å². The average molecular weight is 437 g/mol. The van der Waals surface area contributed by atoms with E-state index in [1.54, 1.807) is 12.1 Å². The molecule has 1 atom stereocenters. The van der Waals surface area contributed by atoms with Crippen molar-refractivity contribution in [1.29, 1.82) is 0 Å². The van der Waals surface area contributed by atoms with Crippen molar-refractivity contribution in [1.82, 2.24) is 4.90 Å². The highest BCUT2D eigenvalue weighted by molar-refractivity contribution is 7.99. The zero-order chi connectivity index (χ0) is 20.1. The topological polar surface area (TPSA) is 79.0 Å². The van der Waals surface area contributed by atoms with Crippen LogP contribution in [0.4, 0.5) is 5.69 Å². The van der Waals surface area contributed by atoms with Crippen LogP contribution in [0.15, 0.2) is 67.6 Å². The summed E-state index contributed by atoms with van der Waals surface area (Å²) in [5.41, 5.74) is 0.963. The van der Waals surface area contributed by atoms with Gasteiger partial charge in [-0.15, -0.1) is 11.8 Å². The number of rotatable bonds is 8. The molecule has 28 heavy (non-hydrogen) atoms. The first-order valence-electron chi connectivity index (χ1n) is 8.83. The van der Waals surface area contributed by atoms with E-state index in [2.05, 4.69) is 40.4 Å². The molecule has 0 bridgehead atoms. The molecule has 2 aromatic carbocycles. The molecule has 0 aliphatic carbocycles. The number of hydrogen-bond donors (Lipinski definition) is 1. The van der Waals surface area contributed by atoms with Gasteiger partial charge < -0.3 is 9.80 Å². The lowest BCUT2D eigenvalue weighted by Gasteiger charge is -2.33. The van der Waals surface area contributed by atoms with Gasteiger partial charge >= 0.3 is 0 Å². The quantitative estimate of drug-likeness (QED) is 0.505. The Bertz CT molecular complexity index is 933. The van der Waals surface area contributed by atoms with Crippen molar-refractivity contribution >= 4 is 45.8 Å². The van der Waals surface area contributed by atoms with Crippen molar-refractivity contribution in [2.45, 2.75) is 27.1 Å². The third kappa shape index (κ3) is 5.51. The third-order valence-corrected chi connectivity index (χ3v) is 7.14. The van der Waals surface area contributed by atoms with Crippen LogP contribution in [-0.4, -0.2) is 52.1 Å². The molecule has 2 N–H and O–H groups in total. The summed E-state index contributed by atoms with van der Waals surface area (Å²) in [7, 11) is 0.390. The Balaban J connectivity index is 1.85. The maximum Gasteiger partial charge on any atom is 0.238 e. The summed E-state index contributed by atoms with van der Waals surface area (Å²) in [5, 5.41) is 5.28. The standard InChI is InChI=1S/C19H24N4O2S3/c1-22(2)11-10-15(13-26-16-6-4-3-5-7-16)23-14-21-27-19-12-17(28(20,24)25)8-9-18(19)23/h3-9,12,14-15H,10-11,13H2,1-2H3,(H2,20,24,25)/t15-/m1/s1. The molecule has 150 valence electrons. The summed E-state index contributed by atoms with van der Waals surface area (Å²) in [5.74, 6) is 0.894. The second-order valence-corrected chi connectivity index (χ2v) is 10.3. The first-order chi connectivity index (χ1) is 13.3. The minimum Gasteiger partial charge on any atom is -0.327 e. The van der Waals surface area contributed by atoms with E-state index in [4.69, 9.17) is 5.14 Å². The summed E-state index contributed by atoms with van der Waals surface area (Å²) in [6, 6.07) is 15.5. The van der Waals surface area contributed by atoms with Crippen LogP contribution in [0.2, 0.25) is 0 Å². The molecular weight excluding hydrogens is 412 g/mol. The molecule has 0 radical (unpaired) electrons. The van der Waals surface area contributed by atoms with Crippen LogP contribution in [0, 0.1) is 0 Å². The normalized spacial score (nSPS) is 14.9. The Morgan fingerprint density at radius 3 is 2.64 bits per heavy atom. The maximum atomic E-state index is 11.7. The highest BCUT2D eigenvalue weighted by atomic mass is 32.2. The predicted octanol–water partition coefficient (Wildman–Crippen LogP) is 3.30. The number of hydrogen-bond acceptors (Lipinski definition) is 7. The maximum absolute atomic E-state index is 11.7. The fourth-order valence-electron chi connectivity index (χ4n) is 2.86. The Morgan fingerprint density at radius 1 is 1.21 bits per heavy atom. The molecule has 0 amide bonds. The number of anilines is 1. The molecule has 0 aromatic heterocycles. The third-order valence-electron chi connectivity index (χ3n) is 4.35. The molecule has 9 heteroatoms. The molecule has 0 saturated carbocycles. The SMILES string of the molecule is CN(C)CC[C@H](CSc1ccccc1)N1C=NSc2cc(S(N)(=O)=O)ccc21. The van der Waals surface area contributed by atoms with E-state index in [0.29, 0.717) is 0 Å². The number of nitrogens with zero attached hydrogens (tertiary/aromatic N) is 3. The summed E-state index contributed by atoms with van der Waals surface area (Å²) >= 11 is 3.08. The van der Waals surface area contributed by atoms with Gasteiger partial charge in [0.25, 0.3) is 0 Å². The molecule has 1 aliphatic rings. The number of nitrogens with two attached hydrogens (primary N) is 1. The van der Waals surface area contributed by atoms with Crippen LogP contribution < -0.4 is 10.0 Å². The van der Waals surface area contributed by atoms with Gasteiger partial charge in [0.2, 0.25) is 10.0 Å². The van der Waals surface area contributed by atoms with Gasteiger partial charge in [0.1, 0.15) is 6.34 Å². The van der Waals surface area contributed by atoms with Crippen molar-refractivity contribution in [3.63, 3.8) is 0 Å². The van der Waals surface area contributed by atoms with E-state index in [1.165, 1.54) is 16.8 Å². The lowest BCUT2D eigenvalue weighted by molar-refractivity contribution is 0.387. The van der Waals surface area contributed by atoms with Crippen LogP contribution in [0.5, 0.6) is 0 Å². The van der Waals surface area contributed by atoms with Gasteiger partial charge in [-0.1, -0.05) is 18.2 Å². The van der Waals surface area contributed by atoms with Crippen LogP contribution in [-0.2, 0) is 10.0 Å². The molecule has 1 heterocycles. The van der Waals surface area contributed by atoms with Crippen LogP contribution >= 0.6 is 23.7 Å². The smallest absolute Gasteiger partial charge is 0.238 e. The van der Waals surface area contributed by atoms with Crippen molar-refractivity contribution in [2.75, 3.05) is 31.3 Å². The minimum atomic E-state index is -3.74. The molecule has 0 saturated heterocycles. The predicted molar refractivity (Wildman–Crippen MR) is 119 cm³/mol. The lowest BCUT2D eigenvalue weighted by atomic mass is 10.1. The molecule has 3 rings (SSSR count). The van der Waals surface area contributed by atoms with Crippen molar-refractivity contribution < 1.29 is 8.42 Å². The van der Waals surface area contributed by atoms with Crippen molar-refractivity contribution in [3.05, 3.63) is 48.5 Å². The highest BCUT2D eigenvalue weighted by Gasteiger charge is 2.24. The van der Waals surface area contributed by atoms with Gasteiger partial charge in [-0.2, -0.15) is 0 Å². The number of benzene rings is 2. The highest BCUT2D eigenvalue weighted by Crippen LogP contribution is 2.37. The number of thioether (sulfide) groups is 1. The zero-order valence-electron chi connectivity index (χ0n) is 15.9. The van der Waals surface area contributed by atoms with Gasteiger partial charge in [0, 0.05) is 28.6 Å². The van der Waals surface area contributed by atoms with E-state index >= 15 is 0 Å². The van der Waals surface area contributed by atoms with Crippen molar-refractivity contribution in [3.8, 4) is 0 Å². The first kappa shape index (κ1) is 21.2. The van der Waals surface area contributed by atoms with E-state index in [0.717, 1.165) is 29.3 Å². The fraction of sp³-hybridized carbons (Fsp3) is 0.316. The van der Waals surface area contributed by atoms with Crippen molar-refractivity contribution in [2.24, 2.45) is 9.54 Å². The summed E-state index contributed by atoms with van der Waals surface area (Å²) in [6.45, 7) is 0.947. The van der Waals surface area contributed by atoms with Gasteiger partial charge in [0.15, 0.2) is 0 Å². The van der Waals surface area contributed by atoms with Gasteiger partial charge in [-0.3, -0.25) is 0 Å². The van der Waals surface area contributed by atoms with Crippen LogP contribution in [0.25, 0.3) is 0 Å². The molecule has 2 aromatic rings. The van der Waals surface area contributed by atoms with E-state index in [-0.39, 0.29) is 10.9 Å². The largest absolute Gasteiger partial charge is 0.327 e. The average Bonchev–Trinajstić information content (AvgIpc) is 2.67. The monoisotopic (exact) mass is 436 g/mol. The first-order valence-corrected chi connectivity index (χ1v) is 12.1. The molecule has 1 aliphatic heterocycles. The summed E-state index contributed by atoms with van der Waals surface area (Å²) in [4.78, 5) is 6.46. The number of sulfonamides is 1. The number of primary sulfonamides is 1. The Labute approximate surface area is 175 Å². The molecule has 6 nitrogen and oxygen atoms in total. The Hall–Kier alpha value is -1.52. The fourth-order valence-corrected chi connectivity index (χ4v) is 5.25. The second kappa shape index (κ2) is 9.32. The van der Waals surface area contributed by atoms with Crippen LogP contribution in [0.3, 0.4) is 0 Å².